The van der Waals surface area contributed by atoms with E-state index in [1.165, 1.54) is 30.7 Å². The van der Waals surface area contributed by atoms with E-state index in [2.05, 4.69) is 34.3 Å². The molecular weight excluding hydrogens is 351 g/mol. The molecule has 0 saturated heterocycles. The van der Waals surface area contributed by atoms with Gasteiger partial charge in [0.1, 0.15) is 11.5 Å². The summed E-state index contributed by atoms with van der Waals surface area (Å²) in [6.45, 7) is 4.41. The Hall–Kier alpha value is -2.53. The van der Waals surface area contributed by atoms with Crippen molar-refractivity contribution < 1.29 is 4.39 Å². The fourth-order valence-electron chi connectivity index (χ4n) is 4.30. The van der Waals surface area contributed by atoms with Crippen LogP contribution in [-0.4, -0.2) is 27.3 Å². The highest BCUT2D eigenvalue weighted by atomic mass is 19.1. The molecule has 2 N–H and O–H groups in total. The summed E-state index contributed by atoms with van der Waals surface area (Å²) >= 11 is 0. The zero-order valence-electron chi connectivity index (χ0n) is 16.5. The van der Waals surface area contributed by atoms with Gasteiger partial charge in [-0.2, -0.15) is 5.10 Å². The topological polar surface area (TPSA) is 53.6 Å². The Kier molecular flexibility index (Phi) is 5.53. The third-order valence-electron chi connectivity index (χ3n) is 5.59. The number of pyridine rings is 1. The van der Waals surface area contributed by atoms with E-state index in [0.717, 1.165) is 35.2 Å². The first kappa shape index (κ1) is 18.8. The van der Waals surface area contributed by atoms with Crippen LogP contribution in [0.4, 0.5) is 4.39 Å². The Morgan fingerprint density at radius 1 is 0.964 bits per heavy atom. The molecule has 4 rings (SSSR count). The monoisotopic (exact) mass is 378 g/mol. The molecule has 28 heavy (non-hydrogen) atoms. The lowest BCUT2D eigenvalue weighted by atomic mass is 9.81. The van der Waals surface area contributed by atoms with Crippen molar-refractivity contribution in [3.63, 3.8) is 0 Å². The van der Waals surface area contributed by atoms with Gasteiger partial charge in [-0.25, -0.2) is 4.39 Å². The normalized spacial score (nSPS) is 19.9. The SMILES string of the molecule is CC(C)NC1CCC(c2[nH]nc(-c3ccc(F)cc3)c2-c2ccncc2)CC1. The van der Waals surface area contributed by atoms with E-state index in [0.29, 0.717) is 18.0 Å². The molecule has 0 amide bonds. The molecule has 0 spiro atoms. The Bertz CT molecular complexity index is 894. The van der Waals surface area contributed by atoms with Crippen molar-refractivity contribution in [2.24, 2.45) is 0 Å². The summed E-state index contributed by atoms with van der Waals surface area (Å²) in [6.07, 6.45) is 8.22. The summed E-state index contributed by atoms with van der Waals surface area (Å²) in [4.78, 5) is 4.16. The van der Waals surface area contributed by atoms with Gasteiger partial charge in [0.25, 0.3) is 0 Å². The fraction of sp³-hybridized carbons (Fsp3) is 0.391. The molecule has 1 aliphatic rings. The average Bonchev–Trinajstić information content (AvgIpc) is 3.14. The minimum Gasteiger partial charge on any atom is -0.312 e. The Morgan fingerprint density at radius 2 is 1.64 bits per heavy atom. The third-order valence-corrected chi connectivity index (χ3v) is 5.59. The summed E-state index contributed by atoms with van der Waals surface area (Å²) in [5.74, 6) is 0.219. The van der Waals surface area contributed by atoms with Crippen LogP contribution in [0.3, 0.4) is 0 Å². The Labute approximate surface area is 165 Å². The number of hydrogen-bond acceptors (Lipinski definition) is 3. The molecule has 2 aromatic heterocycles. The van der Waals surface area contributed by atoms with Gasteiger partial charge in [0.05, 0.1) is 0 Å². The van der Waals surface area contributed by atoms with Crippen LogP contribution < -0.4 is 5.32 Å². The number of benzene rings is 1. The molecule has 1 saturated carbocycles. The summed E-state index contributed by atoms with van der Waals surface area (Å²) in [5.41, 5.74) is 5.21. The van der Waals surface area contributed by atoms with E-state index in [9.17, 15) is 4.39 Å². The minimum absolute atomic E-state index is 0.235. The van der Waals surface area contributed by atoms with Gasteiger partial charge < -0.3 is 5.32 Å². The van der Waals surface area contributed by atoms with Gasteiger partial charge >= 0.3 is 0 Å². The van der Waals surface area contributed by atoms with Gasteiger partial charge in [-0.3, -0.25) is 10.1 Å². The molecule has 4 nitrogen and oxygen atoms in total. The van der Waals surface area contributed by atoms with Crippen molar-refractivity contribution in [2.45, 2.75) is 57.5 Å². The van der Waals surface area contributed by atoms with Crippen LogP contribution in [0.25, 0.3) is 22.4 Å². The lowest BCUT2D eigenvalue weighted by Gasteiger charge is -2.30. The van der Waals surface area contributed by atoms with E-state index in [-0.39, 0.29) is 5.82 Å². The summed E-state index contributed by atoms with van der Waals surface area (Å²) < 4.78 is 13.4. The predicted octanol–water partition coefficient (Wildman–Crippen LogP) is 5.30. The summed E-state index contributed by atoms with van der Waals surface area (Å²) in [7, 11) is 0. The number of halogens is 1. The number of aromatic nitrogens is 3. The highest BCUT2D eigenvalue weighted by Gasteiger charge is 2.28. The average molecular weight is 378 g/mol. The van der Waals surface area contributed by atoms with Gasteiger partial charge in [0.2, 0.25) is 0 Å². The molecule has 0 bridgehead atoms. The predicted molar refractivity (Wildman–Crippen MR) is 110 cm³/mol. The largest absolute Gasteiger partial charge is 0.312 e. The van der Waals surface area contributed by atoms with Crippen molar-refractivity contribution in [1.82, 2.24) is 20.5 Å². The molecule has 5 heteroatoms. The van der Waals surface area contributed by atoms with Crippen LogP contribution in [0.5, 0.6) is 0 Å². The van der Waals surface area contributed by atoms with E-state index < -0.39 is 0 Å². The van der Waals surface area contributed by atoms with E-state index in [1.54, 1.807) is 12.1 Å². The van der Waals surface area contributed by atoms with Gasteiger partial charge in [-0.05, 0) is 67.6 Å². The maximum Gasteiger partial charge on any atom is 0.123 e. The minimum atomic E-state index is -0.235. The zero-order chi connectivity index (χ0) is 19.5. The number of nitrogens with zero attached hydrogens (tertiary/aromatic N) is 2. The lowest BCUT2D eigenvalue weighted by molar-refractivity contribution is 0.323. The second-order valence-corrected chi connectivity index (χ2v) is 7.97. The second kappa shape index (κ2) is 8.23. The molecule has 1 fully saturated rings. The Morgan fingerprint density at radius 3 is 2.29 bits per heavy atom. The first-order valence-electron chi connectivity index (χ1n) is 10.1. The van der Waals surface area contributed by atoms with Crippen LogP contribution in [0, 0.1) is 5.82 Å². The second-order valence-electron chi connectivity index (χ2n) is 7.97. The number of aromatic amines is 1. The lowest BCUT2D eigenvalue weighted by Crippen LogP contribution is -2.37. The van der Waals surface area contributed by atoms with Crippen LogP contribution in [0.1, 0.15) is 51.1 Å². The van der Waals surface area contributed by atoms with Gasteiger partial charge in [-0.15, -0.1) is 0 Å². The molecular formula is C23H27FN4. The van der Waals surface area contributed by atoms with Crippen LogP contribution in [0.15, 0.2) is 48.8 Å². The van der Waals surface area contributed by atoms with Crippen molar-refractivity contribution in [3.05, 3.63) is 60.3 Å². The first-order valence-corrected chi connectivity index (χ1v) is 10.1. The molecule has 1 aromatic carbocycles. The van der Waals surface area contributed by atoms with E-state index in [1.807, 2.05) is 24.5 Å². The highest BCUT2D eigenvalue weighted by molar-refractivity contribution is 5.82. The molecule has 0 unspecified atom stereocenters. The summed E-state index contributed by atoms with van der Waals surface area (Å²) in [5, 5.41) is 11.6. The fourth-order valence-corrected chi connectivity index (χ4v) is 4.30. The zero-order valence-corrected chi connectivity index (χ0v) is 16.5. The molecule has 0 aliphatic heterocycles. The Balaban J connectivity index is 1.68. The van der Waals surface area contributed by atoms with Crippen molar-refractivity contribution >= 4 is 0 Å². The number of hydrogen-bond donors (Lipinski definition) is 2. The quantitative estimate of drug-likeness (QED) is 0.633. The highest BCUT2D eigenvalue weighted by Crippen LogP contribution is 2.41. The van der Waals surface area contributed by atoms with Gasteiger partial charge in [0.15, 0.2) is 0 Å². The van der Waals surface area contributed by atoms with Gasteiger partial charge in [0, 0.05) is 47.2 Å². The van der Waals surface area contributed by atoms with Crippen molar-refractivity contribution in [3.8, 4) is 22.4 Å². The third kappa shape index (κ3) is 3.99. The molecule has 0 atom stereocenters. The number of H-pyrrole nitrogens is 1. The van der Waals surface area contributed by atoms with Crippen LogP contribution >= 0.6 is 0 Å². The number of nitrogens with one attached hydrogen (secondary N) is 2. The molecule has 0 radical (unpaired) electrons. The van der Waals surface area contributed by atoms with Crippen LogP contribution in [0.2, 0.25) is 0 Å². The molecule has 146 valence electrons. The smallest absolute Gasteiger partial charge is 0.123 e. The van der Waals surface area contributed by atoms with E-state index in [4.69, 9.17) is 0 Å². The maximum atomic E-state index is 13.4. The van der Waals surface area contributed by atoms with Gasteiger partial charge in [-0.1, -0.05) is 13.8 Å². The molecule has 2 heterocycles. The molecule has 3 aromatic rings. The summed E-state index contributed by atoms with van der Waals surface area (Å²) in [6, 6.07) is 11.7. The van der Waals surface area contributed by atoms with E-state index >= 15 is 0 Å². The maximum absolute atomic E-state index is 13.4. The molecule has 1 aliphatic carbocycles. The standard InChI is InChI=1S/C23H27FN4/c1-15(2)26-20-9-5-18(6-10-20)23-21(16-11-13-25-14-12-16)22(27-28-23)17-3-7-19(24)8-4-17/h3-4,7-8,11-15,18,20,26H,5-6,9-10H2,1-2H3,(H,27,28). The number of rotatable bonds is 5. The van der Waals surface area contributed by atoms with Crippen molar-refractivity contribution in [2.75, 3.05) is 0 Å². The first-order chi connectivity index (χ1) is 13.6. The van der Waals surface area contributed by atoms with Crippen LogP contribution in [-0.2, 0) is 0 Å². The van der Waals surface area contributed by atoms with Crippen molar-refractivity contribution in [1.29, 1.82) is 0 Å².